The number of carbonyl (C=O) groups is 1. The molecular weight excluding hydrogens is 297 g/mol. The monoisotopic (exact) mass is 315 g/mol. The molecule has 1 heterocycles. The Kier molecular flexibility index (Phi) is 4.48. The van der Waals surface area contributed by atoms with E-state index in [0.29, 0.717) is 12.1 Å². The van der Waals surface area contributed by atoms with Crippen LogP contribution in [0.2, 0.25) is 0 Å². The smallest absolute Gasteiger partial charge is 0.236 e. The van der Waals surface area contributed by atoms with Crippen LogP contribution in [0.5, 0.6) is 0 Å². The minimum Gasteiger partial charge on any atom is -0.325 e. The number of amides is 1. The Bertz CT molecular complexity index is 661. The Hall–Kier alpha value is -1.81. The van der Waals surface area contributed by atoms with Crippen molar-refractivity contribution in [2.75, 3.05) is 6.54 Å². The van der Waals surface area contributed by atoms with Gasteiger partial charge in [-0.1, -0.05) is 48.5 Å². The normalized spacial score (nSPS) is 21.4. The molecule has 2 aromatic rings. The molecule has 0 aliphatic carbocycles. The summed E-state index contributed by atoms with van der Waals surface area (Å²) in [7, 11) is 0. The molecule has 3 rings (SSSR count). The van der Waals surface area contributed by atoms with Crippen molar-refractivity contribution in [1.29, 1.82) is 0 Å². The molecule has 4 heteroatoms. The van der Waals surface area contributed by atoms with E-state index in [2.05, 4.69) is 12.1 Å². The molecule has 1 amide bonds. The fourth-order valence-electron chi connectivity index (χ4n) is 2.71. The van der Waals surface area contributed by atoms with Crippen molar-refractivity contribution in [3.63, 3.8) is 0 Å². The van der Waals surface area contributed by atoms with Gasteiger partial charge in [0.2, 0.25) is 5.91 Å². The van der Waals surface area contributed by atoms with Crippen LogP contribution in [0.25, 0.3) is 0 Å². The zero-order valence-electron chi connectivity index (χ0n) is 12.4. The number of hydrogen-bond acceptors (Lipinski definition) is 2. The van der Waals surface area contributed by atoms with Gasteiger partial charge in [0.1, 0.15) is 11.2 Å². The molecule has 0 saturated carbocycles. The van der Waals surface area contributed by atoms with Crippen LogP contribution < -0.4 is 0 Å². The van der Waals surface area contributed by atoms with E-state index in [0.717, 1.165) is 6.42 Å². The van der Waals surface area contributed by atoms with Gasteiger partial charge in [-0.2, -0.15) is 0 Å². The molecule has 2 nitrogen and oxygen atoms in total. The van der Waals surface area contributed by atoms with Crippen molar-refractivity contribution in [3.05, 3.63) is 71.5 Å². The van der Waals surface area contributed by atoms with Gasteiger partial charge in [0.15, 0.2) is 0 Å². The molecule has 0 bridgehead atoms. The standard InChI is InChI=1S/C18H18FNOS/c1-13-17(21)20(12-11-14-7-3-2-4-8-14)18(22-13)15-9-5-6-10-16(15)19/h2-10,13,18H,11-12H2,1H3. The number of carbonyl (C=O) groups excluding carboxylic acids is 1. The number of benzene rings is 2. The number of rotatable bonds is 4. The average Bonchev–Trinajstić information content (AvgIpc) is 2.82. The first kappa shape index (κ1) is 15.1. The molecule has 114 valence electrons. The zero-order valence-corrected chi connectivity index (χ0v) is 13.2. The fraction of sp³-hybridized carbons (Fsp3) is 0.278. The fourth-order valence-corrected chi connectivity index (χ4v) is 4.04. The zero-order chi connectivity index (χ0) is 15.5. The van der Waals surface area contributed by atoms with Gasteiger partial charge in [0.05, 0.1) is 5.25 Å². The number of hydrogen-bond donors (Lipinski definition) is 0. The SMILES string of the molecule is CC1SC(c2ccccc2F)N(CCc2ccccc2)C1=O. The second-order valence-corrected chi connectivity index (χ2v) is 6.85. The highest BCUT2D eigenvalue weighted by atomic mass is 32.2. The molecule has 1 aliphatic rings. The highest BCUT2D eigenvalue weighted by molar-refractivity contribution is 8.01. The molecule has 2 atom stereocenters. The van der Waals surface area contributed by atoms with Gasteiger partial charge in [-0.3, -0.25) is 4.79 Å². The summed E-state index contributed by atoms with van der Waals surface area (Å²) < 4.78 is 14.1. The van der Waals surface area contributed by atoms with Crippen LogP contribution >= 0.6 is 11.8 Å². The third kappa shape index (κ3) is 3.02. The maximum Gasteiger partial charge on any atom is 0.236 e. The van der Waals surface area contributed by atoms with Gasteiger partial charge in [0.25, 0.3) is 0 Å². The van der Waals surface area contributed by atoms with Crippen LogP contribution in [-0.4, -0.2) is 22.6 Å². The summed E-state index contributed by atoms with van der Waals surface area (Å²) >= 11 is 1.52. The van der Waals surface area contributed by atoms with Gasteiger partial charge in [-0.15, -0.1) is 11.8 Å². The molecule has 0 aromatic heterocycles. The van der Waals surface area contributed by atoms with E-state index in [1.54, 1.807) is 17.0 Å². The quantitative estimate of drug-likeness (QED) is 0.849. The second kappa shape index (κ2) is 6.53. The summed E-state index contributed by atoms with van der Waals surface area (Å²) in [4.78, 5) is 14.2. The predicted molar refractivity (Wildman–Crippen MR) is 88.1 cm³/mol. The summed E-state index contributed by atoms with van der Waals surface area (Å²) in [5.74, 6) is -0.152. The lowest BCUT2D eigenvalue weighted by molar-refractivity contribution is -0.129. The largest absolute Gasteiger partial charge is 0.325 e. The minimum atomic E-state index is -0.244. The van der Waals surface area contributed by atoms with E-state index in [-0.39, 0.29) is 22.3 Å². The van der Waals surface area contributed by atoms with Crippen LogP contribution in [0.3, 0.4) is 0 Å². The van der Waals surface area contributed by atoms with Gasteiger partial charge >= 0.3 is 0 Å². The topological polar surface area (TPSA) is 20.3 Å². The molecule has 1 fully saturated rings. The average molecular weight is 315 g/mol. The third-order valence-electron chi connectivity index (χ3n) is 3.90. The van der Waals surface area contributed by atoms with Crippen molar-refractivity contribution >= 4 is 17.7 Å². The van der Waals surface area contributed by atoms with E-state index in [4.69, 9.17) is 0 Å². The molecular formula is C18H18FNOS. The van der Waals surface area contributed by atoms with Crippen LogP contribution in [0.4, 0.5) is 4.39 Å². The van der Waals surface area contributed by atoms with E-state index in [1.165, 1.54) is 23.4 Å². The number of thioether (sulfide) groups is 1. The first-order valence-corrected chi connectivity index (χ1v) is 8.35. The van der Waals surface area contributed by atoms with Crippen molar-refractivity contribution < 1.29 is 9.18 Å². The van der Waals surface area contributed by atoms with Gasteiger partial charge in [0, 0.05) is 12.1 Å². The summed E-state index contributed by atoms with van der Waals surface area (Å²) in [5.41, 5.74) is 1.78. The van der Waals surface area contributed by atoms with E-state index >= 15 is 0 Å². The van der Waals surface area contributed by atoms with Crippen molar-refractivity contribution in [2.45, 2.75) is 24.0 Å². The van der Waals surface area contributed by atoms with Crippen molar-refractivity contribution in [3.8, 4) is 0 Å². The summed E-state index contributed by atoms with van der Waals surface area (Å²) in [6.45, 7) is 2.50. The second-order valence-electron chi connectivity index (χ2n) is 5.42. The summed E-state index contributed by atoms with van der Waals surface area (Å²) in [6, 6.07) is 16.8. The Labute approximate surface area is 134 Å². The maximum atomic E-state index is 14.1. The Balaban J connectivity index is 1.80. The van der Waals surface area contributed by atoms with Crippen LogP contribution in [0.15, 0.2) is 54.6 Å². The molecule has 0 N–H and O–H groups in total. The Morgan fingerprint density at radius 3 is 2.50 bits per heavy atom. The molecule has 1 aliphatic heterocycles. The van der Waals surface area contributed by atoms with Crippen molar-refractivity contribution in [2.24, 2.45) is 0 Å². The Morgan fingerprint density at radius 1 is 1.09 bits per heavy atom. The molecule has 1 saturated heterocycles. The molecule has 0 spiro atoms. The first-order chi connectivity index (χ1) is 10.7. The first-order valence-electron chi connectivity index (χ1n) is 7.41. The van der Waals surface area contributed by atoms with E-state index in [1.807, 2.05) is 31.2 Å². The number of nitrogens with zero attached hydrogens (tertiary/aromatic N) is 1. The van der Waals surface area contributed by atoms with Gasteiger partial charge < -0.3 is 4.90 Å². The molecule has 0 radical (unpaired) electrons. The number of halogens is 1. The lowest BCUT2D eigenvalue weighted by atomic mass is 10.1. The van der Waals surface area contributed by atoms with E-state index in [9.17, 15) is 9.18 Å². The van der Waals surface area contributed by atoms with Gasteiger partial charge in [-0.25, -0.2) is 4.39 Å². The van der Waals surface area contributed by atoms with Gasteiger partial charge in [-0.05, 0) is 25.0 Å². The minimum absolute atomic E-state index is 0.0918. The van der Waals surface area contributed by atoms with Crippen LogP contribution in [0, 0.1) is 5.82 Å². The van der Waals surface area contributed by atoms with Crippen LogP contribution in [0.1, 0.15) is 23.4 Å². The molecule has 22 heavy (non-hydrogen) atoms. The molecule has 2 aromatic carbocycles. The summed E-state index contributed by atoms with van der Waals surface area (Å²) in [6.07, 6.45) is 0.783. The van der Waals surface area contributed by atoms with E-state index < -0.39 is 0 Å². The third-order valence-corrected chi connectivity index (χ3v) is 5.28. The molecule has 2 unspecified atom stereocenters. The Morgan fingerprint density at radius 2 is 1.77 bits per heavy atom. The summed E-state index contributed by atoms with van der Waals surface area (Å²) in [5, 5.41) is -0.354. The maximum absolute atomic E-state index is 14.1. The predicted octanol–water partition coefficient (Wildman–Crippen LogP) is 4.03. The highest BCUT2D eigenvalue weighted by Crippen LogP contribution is 2.43. The highest BCUT2D eigenvalue weighted by Gasteiger charge is 2.39. The lowest BCUT2D eigenvalue weighted by Gasteiger charge is -2.24. The van der Waals surface area contributed by atoms with Crippen LogP contribution in [-0.2, 0) is 11.2 Å². The van der Waals surface area contributed by atoms with Crippen molar-refractivity contribution in [1.82, 2.24) is 4.90 Å². The lowest BCUT2D eigenvalue weighted by Crippen LogP contribution is -2.32.